The fourth-order valence-electron chi connectivity index (χ4n) is 4.63. The molecule has 0 aliphatic carbocycles. The van der Waals surface area contributed by atoms with Crippen LogP contribution in [0.2, 0.25) is 0 Å². The molecule has 0 fully saturated rings. The maximum absolute atomic E-state index is 13.2. The van der Waals surface area contributed by atoms with Crippen LogP contribution >= 0.6 is 0 Å². The summed E-state index contributed by atoms with van der Waals surface area (Å²) in [6.07, 6.45) is 4.06. The summed E-state index contributed by atoms with van der Waals surface area (Å²) in [5.41, 5.74) is 12.1. The molecule has 7 heteroatoms. The van der Waals surface area contributed by atoms with Crippen LogP contribution in [0, 0.1) is 0 Å². The molecule has 7 nitrogen and oxygen atoms in total. The highest BCUT2D eigenvalue weighted by Gasteiger charge is 2.27. The second-order valence-corrected chi connectivity index (χ2v) is 8.84. The van der Waals surface area contributed by atoms with E-state index in [1.54, 1.807) is 4.90 Å². The summed E-state index contributed by atoms with van der Waals surface area (Å²) in [4.78, 5) is 33.8. The summed E-state index contributed by atoms with van der Waals surface area (Å²) in [5, 5.41) is 9.20. The van der Waals surface area contributed by atoms with Crippen LogP contribution in [0.15, 0.2) is 47.0 Å². The number of rotatable bonds is 8. The standard InChI is InChI=1S/C27H32N4O3/c1-3-9-30(10-4-2)26(33)21-14-20-6-5-19(15-24(20)29-25(28)16-21)18-7-8-23-22(13-18)17-31(11-12-32)27(23)34/h5-8,13-15,32H,3-4,9-12,16-17H2,1-2H3,(H2,28,29). The number of hydrogen-bond donors (Lipinski definition) is 2. The second-order valence-electron chi connectivity index (χ2n) is 8.84. The number of β-amino-alcohol motifs (C(OH)–C–C–N with tert-alkyl or cyclic N) is 1. The van der Waals surface area contributed by atoms with Gasteiger partial charge in [-0.3, -0.25) is 9.59 Å². The van der Waals surface area contributed by atoms with Crippen LogP contribution in [-0.2, 0) is 11.3 Å². The van der Waals surface area contributed by atoms with Gasteiger partial charge in [0.15, 0.2) is 0 Å². The zero-order valence-corrected chi connectivity index (χ0v) is 19.9. The number of amides is 2. The molecule has 178 valence electrons. The van der Waals surface area contributed by atoms with Crippen molar-refractivity contribution in [1.82, 2.24) is 9.80 Å². The van der Waals surface area contributed by atoms with E-state index in [0.717, 1.165) is 53.9 Å². The molecule has 2 aliphatic rings. The first-order valence-corrected chi connectivity index (χ1v) is 12.0. The molecule has 0 saturated heterocycles. The van der Waals surface area contributed by atoms with Crippen LogP contribution in [0.3, 0.4) is 0 Å². The van der Waals surface area contributed by atoms with E-state index in [1.807, 2.05) is 47.4 Å². The summed E-state index contributed by atoms with van der Waals surface area (Å²) in [6.45, 7) is 6.37. The van der Waals surface area contributed by atoms with Gasteiger partial charge in [-0.1, -0.05) is 32.0 Å². The van der Waals surface area contributed by atoms with Crippen molar-refractivity contribution < 1.29 is 14.7 Å². The minimum Gasteiger partial charge on any atom is -0.395 e. The molecular weight excluding hydrogens is 428 g/mol. The largest absolute Gasteiger partial charge is 0.395 e. The number of nitrogens with zero attached hydrogens (tertiary/aromatic N) is 3. The van der Waals surface area contributed by atoms with Crippen molar-refractivity contribution in [1.29, 1.82) is 0 Å². The molecule has 2 aromatic carbocycles. The topological polar surface area (TPSA) is 99.2 Å². The first-order valence-electron chi connectivity index (χ1n) is 12.0. The Morgan fingerprint density at radius 2 is 1.82 bits per heavy atom. The van der Waals surface area contributed by atoms with E-state index in [-0.39, 0.29) is 18.4 Å². The molecule has 0 spiro atoms. The number of hydrogen-bond acceptors (Lipinski definition) is 5. The quantitative estimate of drug-likeness (QED) is 0.627. The third kappa shape index (κ3) is 4.75. The number of fused-ring (bicyclic) bond motifs is 2. The Kier molecular flexibility index (Phi) is 7.12. The molecule has 2 aliphatic heterocycles. The maximum atomic E-state index is 13.2. The molecule has 2 aromatic rings. The number of aliphatic hydroxyl groups is 1. The van der Waals surface area contributed by atoms with Crippen molar-refractivity contribution in [3.05, 3.63) is 58.7 Å². The van der Waals surface area contributed by atoms with Gasteiger partial charge in [0.25, 0.3) is 5.91 Å². The molecule has 2 amide bonds. The minimum atomic E-state index is -0.0521. The lowest BCUT2D eigenvalue weighted by molar-refractivity contribution is -0.127. The van der Waals surface area contributed by atoms with E-state index < -0.39 is 0 Å². The number of nitrogens with two attached hydrogens (primary N) is 1. The van der Waals surface area contributed by atoms with Gasteiger partial charge in [0.05, 0.1) is 12.3 Å². The minimum absolute atomic E-state index is 0.0227. The fourth-order valence-corrected chi connectivity index (χ4v) is 4.63. The summed E-state index contributed by atoms with van der Waals surface area (Å²) < 4.78 is 0. The Hall–Kier alpha value is -3.45. The highest BCUT2D eigenvalue weighted by Crippen LogP contribution is 2.34. The molecule has 0 unspecified atom stereocenters. The first kappa shape index (κ1) is 23.7. The van der Waals surface area contributed by atoms with Crippen molar-refractivity contribution in [3.63, 3.8) is 0 Å². The average Bonchev–Trinajstić information content (AvgIpc) is 3.02. The van der Waals surface area contributed by atoms with Crippen molar-refractivity contribution in [2.75, 3.05) is 26.2 Å². The molecule has 2 heterocycles. The van der Waals surface area contributed by atoms with Crippen LogP contribution < -0.4 is 5.73 Å². The first-order chi connectivity index (χ1) is 16.4. The van der Waals surface area contributed by atoms with Gasteiger partial charge in [-0.15, -0.1) is 0 Å². The van der Waals surface area contributed by atoms with Crippen LogP contribution in [0.5, 0.6) is 0 Å². The zero-order valence-electron chi connectivity index (χ0n) is 19.9. The predicted octanol–water partition coefficient (Wildman–Crippen LogP) is 3.73. The number of carbonyl (C=O) groups excluding carboxylic acids is 2. The normalized spacial score (nSPS) is 14.8. The average molecular weight is 461 g/mol. The summed E-state index contributed by atoms with van der Waals surface area (Å²) >= 11 is 0. The molecule has 0 aromatic heterocycles. The maximum Gasteiger partial charge on any atom is 0.254 e. The highest BCUT2D eigenvalue weighted by atomic mass is 16.3. The predicted molar refractivity (Wildman–Crippen MR) is 135 cm³/mol. The van der Waals surface area contributed by atoms with Crippen LogP contribution in [0.25, 0.3) is 17.2 Å². The Morgan fingerprint density at radius 1 is 1.12 bits per heavy atom. The van der Waals surface area contributed by atoms with Crippen LogP contribution in [-0.4, -0.2) is 58.8 Å². The van der Waals surface area contributed by atoms with Crippen LogP contribution in [0.1, 0.15) is 54.6 Å². The number of carbonyl (C=O) groups is 2. The second kappa shape index (κ2) is 10.2. The van der Waals surface area contributed by atoms with Gasteiger partial charge in [-0.05, 0) is 53.8 Å². The Balaban J connectivity index is 1.64. The van der Waals surface area contributed by atoms with E-state index >= 15 is 0 Å². The van der Waals surface area contributed by atoms with Crippen molar-refractivity contribution >= 4 is 29.4 Å². The number of benzene rings is 2. The number of aliphatic hydroxyl groups excluding tert-OH is 1. The van der Waals surface area contributed by atoms with Gasteiger partial charge in [-0.2, -0.15) is 0 Å². The van der Waals surface area contributed by atoms with Crippen LogP contribution in [0.4, 0.5) is 5.69 Å². The lowest BCUT2D eigenvalue weighted by Crippen LogP contribution is -2.34. The summed E-state index contributed by atoms with van der Waals surface area (Å²) in [6, 6.07) is 11.8. The Bertz CT molecular complexity index is 1160. The third-order valence-corrected chi connectivity index (χ3v) is 6.23. The molecular formula is C27H32N4O3. The zero-order chi connectivity index (χ0) is 24.2. The summed E-state index contributed by atoms with van der Waals surface area (Å²) in [5.74, 6) is 0.398. The van der Waals surface area contributed by atoms with Gasteiger partial charge in [0, 0.05) is 49.3 Å². The smallest absolute Gasteiger partial charge is 0.254 e. The van der Waals surface area contributed by atoms with E-state index in [2.05, 4.69) is 18.8 Å². The molecule has 0 saturated carbocycles. The number of aliphatic imine (C=N–C) groups is 1. The highest BCUT2D eigenvalue weighted by molar-refractivity contribution is 6.05. The third-order valence-electron chi connectivity index (χ3n) is 6.23. The molecule has 4 rings (SSSR count). The number of amidine groups is 1. The molecule has 34 heavy (non-hydrogen) atoms. The van der Waals surface area contributed by atoms with Crippen molar-refractivity contribution in [3.8, 4) is 11.1 Å². The summed E-state index contributed by atoms with van der Waals surface area (Å²) in [7, 11) is 0. The van der Waals surface area contributed by atoms with E-state index in [9.17, 15) is 14.7 Å². The molecule has 3 N–H and O–H groups in total. The Morgan fingerprint density at radius 3 is 2.53 bits per heavy atom. The van der Waals surface area contributed by atoms with E-state index in [4.69, 9.17) is 5.73 Å². The molecule has 0 bridgehead atoms. The van der Waals surface area contributed by atoms with Gasteiger partial charge in [0.1, 0.15) is 5.84 Å². The van der Waals surface area contributed by atoms with Crippen molar-refractivity contribution in [2.45, 2.75) is 39.7 Å². The lowest BCUT2D eigenvalue weighted by atomic mass is 9.98. The van der Waals surface area contributed by atoms with Gasteiger partial charge < -0.3 is 20.6 Å². The monoisotopic (exact) mass is 460 g/mol. The van der Waals surface area contributed by atoms with Gasteiger partial charge in [-0.25, -0.2) is 4.99 Å². The Labute approximate surface area is 200 Å². The van der Waals surface area contributed by atoms with Gasteiger partial charge >= 0.3 is 0 Å². The fraction of sp³-hybridized carbons (Fsp3) is 0.370. The van der Waals surface area contributed by atoms with Gasteiger partial charge in [0.2, 0.25) is 5.91 Å². The molecule has 0 atom stereocenters. The van der Waals surface area contributed by atoms with E-state index in [0.29, 0.717) is 36.5 Å². The van der Waals surface area contributed by atoms with Crippen molar-refractivity contribution in [2.24, 2.45) is 10.7 Å². The van der Waals surface area contributed by atoms with E-state index in [1.165, 1.54) is 0 Å². The SMILES string of the molecule is CCCN(CCC)C(=O)C1=Cc2ccc(-c3ccc4c(c3)CN(CCO)C4=O)cc2N=C(N)C1. The lowest BCUT2D eigenvalue weighted by Gasteiger charge is -2.22. The molecule has 0 radical (unpaired) electrons.